The van der Waals surface area contributed by atoms with Crippen molar-refractivity contribution in [1.29, 1.82) is 0 Å². The van der Waals surface area contributed by atoms with Crippen LogP contribution in [-0.2, 0) is 0 Å². The van der Waals surface area contributed by atoms with Gasteiger partial charge in [0.15, 0.2) is 0 Å². The third kappa shape index (κ3) is 3.22. The summed E-state index contributed by atoms with van der Waals surface area (Å²) in [5, 5.41) is 16.1. The first kappa shape index (κ1) is 13.5. The number of nitro benzene ring substituents is 1. The topological polar surface area (TPSA) is 84.3 Å². The Morgan fingerprint density at radius 1 is 1.56 bits per heavy atom. The van der Waals surface area contributed by atoms with Crippen LogP contribution in [0.1, 0.15) is 16.8 Å². The SMILES string of the molecule is C#CCCNc1cc(C(=O)NC)ccc1[N+](=O)[O-]. The van der Waals surface area contributed by atoms with Gasteiger partial charge in [-0.3, -0.25) is 14.9 Å². The molecule has 1 amide bonds. The van der Waals surface area contributed by atoms with Gasteiger partial charge in [0.2, 0.25) is 0 Å². The number of terminal acetylenes is 1. The number of rotatable bonds is 5. The van der Waals surface area contributed by atoms with Gasteiger partial charge in [0, 0.05) is 31.6 Å². The Morgan fingerprint density at radius 2 is 2.28 bits per heavy atom. The Bertz CT molecular complexity index is 506. The van der Waals surface area contributed by atoms with Gasteiger partial charge in [-0.1, -0.05) is 0 Å². The normalized spacial score (nSPS) is 9.33. The van der Waals surface area contributed by atoms with Crippen LogP contribution < -0.4 is 10.6 Å². The Labute approximate surface area is 105 Å². The van der Waals surface area contributed by atoms with Crippen molar-refractivity contribution in [1.82, 2.24) is 5.32 Å². The predicted octanol–water partition coefficient (Wildman–Crippen LogP) is 1.39. The summed E-state index contributed by atoms with van der Waals surface area (Å²) in [6, 6.07) is 4.14. The average Bonchev–Trinajstić information content (AvgIpc) is 2.37. The van der Waals surface area contributed by atoms with E-state index in [-0.39, 0.29) is 17.3 Å². The molecule has 1 rings (SSSR count). The minimum Gasteiger partial charge on any atom is -0.379 e. The van der Waals surface area contributed by atoms with Gasteiger partial charge in [0.05, 0.1) is 4.92 Å². The molecule has 0 radical (unpaired) electrons. The van der Waals surface area contributed by atoms with E-state index in [1.165, 1.54) is 25.2 Å². The molecule has 0 aliphatic carbocycles. The fraction of sp³-hybridized carbons (Fsp3) is 0.250. The number of nitro groups is 1. The Hall–Kier alpha value is -2.55. The Balaban J connectivity index is 3.04. The summed E-state index contributed by atoms with van der Waals surface area (Å²) < 4.78 is 0. The maximum Gasteiger partial charge on any atom is 0.292 e. The third-order valence-corrected chi connectivity index (χ3v) is 2.27. The van der Waals surface area contributed by atoms with Crippen LogP contribution >= 0.6 is 0 Å². The zero-order valence-electron chi connectivity index (χ0n) is 9.90. The van der Waals surface area contributed by atoms with E-state index in [4.69, 9.17) is 6.42 Å². The molecule has 0 spiro atoms. The summed E-state index contributed by atoms with van der Waals surface area (Å²) in [7, 11) is 1.50. The fourth-order valence-electron chi connectivity index (χ4n) is 1.39. The van der Waals surface area contributed by atoms with E-state index in [0.717, 1.165) is 0 Å². The lowest BCUT2D eigenvalue weighted by Crippen LogP contribution is -2.18. The summed E-state index contributed by atoms with van der Waals surface area (Å²) in [5.41, 5.74) is 0.558. The highest BCUT2D eigenvalue weighted by atomic mass is 16.6. The van der Waals surface area contributed by atoms with Crippen LogP contribution in [0, 0.1) is 22.5 Å². The second-order valence-electron chi connectivity index (χ2n) is 3.45. The van der Waals surface area contributed by atoms with Crippen molar-refractivity contribution in [2.75, 3.05) is 18.9 Å². The van der Waals surface area contributed by atoms with Crippen molar-refractivity contribution in [3.8, 4) is 12.3 Å². The van der Waals surface area contributed by atoms with Crippen LogP contribution in [0.25, 0.3) is 0 Å². The average molecular weight is 247 g/mol. The van der Waals surface area contributed by atoms with Crippen LogP contribution in [-0.4, -0.2) is 24.4 Å². The number of benzene rings is 1. The van der Waals surface area contributed by atoms with Gasteiger partial charge in [-0.25, -0.2) is 0 Å². The van der Waals surface area contributed by atoms with Crippen molar-refractivity contribution in [3.05, 3.63) is 33.9 Å². The van der Waals surface area contributed by atoms with Crippen LogP contribution in [0.5, 0.6) is 0 Å². The molecule has 0 saturated heterocycles. The number of hydrogen-bond donors (Lipinski definition) is 2. The van der Waals surface area contributed by atoms with Crippen molar-refractivity contribution >= 4 is 17.3 Å². The van der Waals surface area contributed by atoms with Gasteiger partial charge >= 0.3 is 0 Å². The van der Waals surface area contributed by atoms with Crippen LogP contribution in [0.15, 0.2) is 18.2 Å². The first-order valence-corrected chi connectivity index (χ1v) is 5.28. The second kappa shape index (κ2) is 6.25. The molecule has 0 atom stereocenters. The molecule has 2 N–H and O–H groups in total. The first-order valence-electron chi connectivity index (χ1n) is 5.28. The molecule has 0 aliphatic rings. The smallest absolute Gasteiger partial charge is 0.292 e. The quantitative estimate of drug-likeness (QED) is 0.356. The standard InChI is InChI=1S/C12H13N3O3/c1-3-4-7-14-10-8-9(12(16)13-2)5-6-11(10)15(17)18/h1,5-6,8,14H,4,7H2,2H3,(H,13,16). The van der Waals surface area contributed by atoms with Crippen molar-refractivity contribution in [2.24, 2.45) is 0 Å². The Kier molecular flexibility index (Phi) is 4.69. The van der Waals surface area contributed by atoms with Gasteiger partial charge in [-0.15, -0.1) is 12.3 Å². The molecule has 0 aliphatic heterocycles. The molecule has 18 heavy (non-hydrogen) atoms. The van der Waals surface area contributed by atoms with E-state index in [9.17, 15) is 14.9 Å². The molecule has 1 aromatic carbocycles. The Morgan fingerprint density at radius 3 is 2.83 bits per heavy atom. The molecule has 1 aromatic rings. The zero-order valence-corrected chi connectivity index (χ0v) is 9.90. The third-order valence-electron chi connectivity index (χ3n) is 2.27. The molecule has 0 heterocycles. The minimum absolute atomic E-state index is 0.0836. The van der Waals surface area contributed by atoms with Crippen molar-refractivity contribution in [2.45, 2.75) is 6.42 Å². The summed E-state index contributed by atoms with van der Waals surface area (Å²) in [6.07, 6.45) is 5.55. The second-order valence-corrected chi connectivity index (χ2v) is 3.45. The number of carbonyl (C=O) groups is 1. The molecule has 0 bridgehead atoms. The molecule has 0 saturated carbocycles. The minimum atomic E-state index is -0.508. The maximum atomic E-state index is 11.4. The predicted molar refractivity (Wildman–Crippen MR) is 68.4 cm³/mol. The van der Waals surface area contributed by atoms with Crippen LogP contribution in [0.2, 0.25) is 0 Å². The molecule has 0 fully saturated rings. The lowest BCUT2D eigenvalue weighted by atomic mass is 10.1. The summed E-state index contributed by atoms with van der Waals surface area (Å²) >= 11 is 0. The molecular weight excluding hydrogens is 234 g/mol. The monoisotopic (exact) mass is 247 g/mol. The largest absolute Gasteiger partial charge is 0.379 e. The van der Waals surface area contributed by atoms with E-state index in [1.807, 2.05) is 0 Å². The first-order chi connectivity index (χ1) is 8.60. The summed E-state index contributed by atoms with van der Waals surface area (Å²) in [6.45, 7) is 0.411. The van der Waals surface area contributed by atoms with E-state index in [0.29, 0.717) is 18.5 Å². The van der Waals surface area contributed by atoms with Gasteiger partial charge in [-0.2, -0.15) is 0 Å². The molecule has 0 aromatic heterocycles. The van der Waals surface area contributed by atoms with Crippen molar-refractivity contribution in [3.63, 3.8) is 0 Å². The number of anilines is 1. The summed E-state index contributed by atoms with van der Waals surface area (Å²) in [5.74, 6) is 2.12. The van der Waals surface area contributed by atoms with Crippen LogP contribution in [0.3, 0.4) is 0 Å². The van der Waals surface area contributed by atoms with Gasteiger partial charge in [0.1, 0.15) is 5.69 Å². The van der Waals surface area contributed by atoms with Crippen molar-refractivity contribution < 1.29 is 9.72 Å². The van der Waals surface area contributed by atoms with E-state index < -0.39 is 4.92 Å². The highest BCUT2D eigenvalue weighted by Crippen LogP contribution is 2.25. The molecule has 6 nitrogen and oxygen atoms in total. The molecule has 94 valence electrons. The van der Waals surface area contributed by atoms with Gasteiger partial charge in [0.25, 0.3) is 11.6 Å². The van der Waals surface area contributed by atoms with E-state index in [1.54, 1.807) is 0 Å². The lowest BCUT2D eigenvalue weighted by Gasteiger charge is -2.07. The number of nitrogens with zero attached hydrogens (tertiary/aromatic N) is 1. The number of amides is 1. The highest BCUT2D eigenvalue weighted by molar-refractivity contribution is 5.95. The van der Waals surface area contributed by atoms with Crippen LogP contribution in [0.4, 0.5) is 11.4 Å². The number of hydrogen-bond acceptors (Lipinski definition) is 4. The molecule has 0 unspecified atom stereocenters. The lowest BCUT2D eigenvalue weighted by molar-refractivity contribution is -0.384. The van der Waals surface area contributed by atoms with E-state index in [2.05, 4.69) is 16.6 Å². The fourth-order valence-corrected chi connectivity index (χ4v) is 1.39. The zero-order chi connectivity index (χ0) is 13.5. The number of nitrogens with one attached hydrogen (secondary N) is 2. The molecular formula is C12H13N3O3. The van der Waals surface area contributed by atoms with Gasteiger partial charge < -0.3 is 10.6 Å². The highest BCUT2D eigenvalue weighted by Gasteiger charge is 2.15. The summed E-state index contributed by atoms with van der Waals surface area (Å²) in [4.78, 5) is 21.8. The van der Waals surface area contributed by atoms with E-state index >= 15 is 0 Å². The molecule has 6 heteroatoms. The van der Waals surface area contributed by atoms with Gasteiger partial charge in [-0.05, 0) is 12.1 Å². The number of carbonyl (C=O) groups excluding carboxylic acids is 1. The maximum absolute atomic E-state index is 11.4.